The molecule has 4 rings (SSSR count). The van der Waals surface area contributed by atoms with Gasteiger partial charge in [0.2, 0.25) is 5.91 Å². The zero-order valence-corrected chi connectivity index (χ0v) is 30.5. The summed E-state index contributed by atoms with van der Waals surface area (Å²) in [6.07, 6.45) is -12.0. The number of methoxy groups -OCH3 is 1. The van der Waals surface area contributed by atoms with Crippen LogP contribution in [-0.4, -0.2) is 120 Å². The van der Waals surface area contributed by atoms with Crippen LogP contribution in [0.25, 0.3) is 0 Å². The molecule has 4 saturated heterocycles. The Hall–Kier alpha value is -3.43. The first kappa shape index (κ1) is 43.0. The van der Waals surface area contributed by atoms with Gasteiger partial charge in [0.1, 0.15) is 29.4 Å². The van der Waals surface area contributed by atoms with E-state index in [0.717, 1.165) is 0 Å². The Kier molecular flexibility index (Phi) is 13.1. The minimum Gasteiger partial charge on any atom is -0.475 e. The normalized spacial score (nSPS) is 31.2. The number of nitrogens with one attached hydrogen (secondary N) is 2. The standard InChI is InChI=1S/C30H46N2O13.C2HF3O2/c1-13(33)19-21(39-25-23(19)41-29(6,7)43-25)15(32-27(37)45-28(3,4)5)11-17(35)31-16(12-18(36)38-10)22-20(14(2)34)24-26(40-22)44-30(8,9)42-24;3-2(4,5)1(6)7/h15-16,19-26H,11-12H2,1-10H3,(H,31,35)(H,32,37);(H,6,7)/t15?,16?,19-,20-,21+,22+,23+,24+,25+,26+;/m0./s1. The third-order valence-corrected chi connectivity index (χ3v) is 8.22. The lowest BCUT2D eigenvalue weighted by molar-refractivity contribution is -0.213. The monoisotopic (exact) mass is 756 g/mol. The number of carbonyl (C=O) groups excluding carboxylic acids is 5. The van der Waals surface area contributed by atoms with Crippen molar-refractivity contribution in [3.05, 3.63) is 0 Å². The van der Waals surface area contributed by atoms with Gasteiger partial charge in [0.05, 0.1) is 49.7 Å². The molecule has 0 aliphatic carbocycles. The molecule has 0 spiro atoms. The van der Waals surface area contributed by atoms with Crippen molar-refractivity contribution in [1.82, 2.24) is 10.6 Å². The maximum atomic E-state index is 13.7. The van der Waals surface area contributed by atoms with Crippen molar-refractivity contribution >= 4 is 35.5 Å². The van der Waals surface area contributed by atoms with Crippen LogP contribution in [0.1, 0.15) is 75.2 Å². The molecule has 3 N–H and O–H groups in total. The summed E-state index contributed by atoms with van der Waals surface area (Å²) < 4.78 is 77.7. The summed E-state index contributed by atoms with van der Waals surface area (Å²) in [5.74, 6) is -8.36. The summed E-state index contributed by atoms with van der Waals surface area (Å²) >= 11 is 0. The second kappa shape index (κ2) is 15.9. The molecule has 0 radical (unpaired) electrons. The highest BCUT2D eigenvalue weighted by molar-refractivity contribution is 5.83. The molecule has 296 valence electrons. The number of carboxylic acid groups (broad SMARTS) is 1. The molecule has 4 heterocycles. The van der Waals surface area contributed by atoms with Gasteiger partial charge in [-0.2, -0.15) is 13.2 Å². The quantitative estimate of drug-likeness (QED) is 0.272. The molecule has 52 heavy (non-hydrogen) atoms. The fraction of sp³-hybridized carbons (Fsp3) is 0.812. The van der Waals surface area contributed by atoms with Gasteiger partial charge in [0.25, 0.3) is 0 Å². The van der Waals surface area contributed by atoms with Crippen molar-refractivity contribution in [2.45, 2.75) is 148 Å². The van der Waals surface area contributed by atoms with Crippen molar-refractivity contribution in [2.24, 2.45) is 11.8 Å². The smallest absolute Gasteiger partial charge is 0.475 e. The first-order valence-corrected chi connectivity index (χ1v) is 16.3. The topological polar surface area (TPSA) is 221 Å². The van der Waals surface area contributed by atoms with E-state index >= 15 is 0 Å². The number of hydrogen-bond donors (Lipinski definition) is 3. The summed E-state index contributed by atoms with van der Waals surface area (Å²) in [7, 11) is 1.20. The first-order valence-electron chi connectivity index (χ1n) is 16.3. The van der Waals surface area contributed by atoms with E-state index in [1.165, 1.54) is 21.0 Å². The molecule has 0 aromatic heterocycles. The van der Waals surface area contributed by atoms with Crippen LogP contribution >= 0.6 is 0 Å². The molecule has 2 unspecified atom stereocenters. The Morgan fingerprint density at radius 3 is 1.50 bits per heavy atom. The second-order valence-electron chi connectivity index (χ2n) is 14.6. The first-order chi connectivity index (χ1) is 23.6. The van der Waals surface area contributed by atoms with Gasteiger partial charge in [-0.1, -0.05) is 0 Å². The Morgan fingerprint density at radius 1 is 0.750 bits per heavy atom. The summed E-state index contributed by atoms with van der Waals surface area (Å²) in [5, 5.41) is 12.6. The van der Waals surface area contributed by atoms with Crippen molar-refractivity contribution in [1.29, 1.82) is 0 Å². The Bertz CT molecular complexity index is 1380. The molecule has 0 aromatic carbocycles. The average molecular weight is 757 g/mol. The summed E-state index contributed by atoms with van der Waals surface area (Å²) in [6, 6.07) is -2.13. The maximum absolute atomic E-state index is 13.7. The van der Waals surface area contributed by atoms with Gasteiger partial charge < -0.3 is 53.6 Å². The number of rotatable bonds is 10. The second-order valence-corrected chi connectivity index (χ2v) is 14.6. The highest BCUT2D eigenvalue weighted by Gasteiger charge is 2.60. The summed E-state index contributed by atoms with van der Waals surface area (Å²) in [6.45, 7) is 14.6. The lowest BCUT2D eigenvalue weighted by Gasteiger charge is -2.32. The highest BCUT2D eigenvalue weighted by atomic mass is 19.4. The van der Waals surface area contributed by atoms with Crippen LogP contribution in [0.2, 0.25) is 0 Å². The Labute approximate surface area is 297 Å². The number of carbonyl (C=O) groups is 6. The third-order valence-electron chi connectivity index (χ3n) is 8.22. The summed E-state index contributed by atoms with van der Waals surface area (Å²) in [4.78, 5) is 73.6. The summed E-state index contributed by atoms with van der Waals surface area (Å²) in [5.41, 5.74) is -0.857. The number of carboxylic acids is 1. The molecule has 4 fully saturated rings. The zero-order valence-electron chi connectivity index (χ0n) is 30.5. The van der Waals surface area contributed by atoms with Crippen molar-refractivity contribution in [3.8, 4) is 0 Å². The molecule has 4 aliphatic heterocycles. The van der Waals surface area contributed by atoms with Gasteiger partial charge in [0, 0.05) is 6.42 Å². The molecule has 0 bridgehead atoms. The maximum Gasteiger partial charge on any atom is 0.490 e. The van der Waals surface area contributed by atoms with Crippen LogP contribution in [0.15, 0.2) is 0 Å². The SMILES string of the molecule is COC(=O)CC(NC(=O)CC(NC(=O)OC(C)(C)C)[C@H]1O[C@@H]2OC(C)(C)O[C@@H]2[C@H]1C(C)=O)[C@H]1O[C@@H]2OC(C)(C)O[C@@H]2[C@H]1C(C)=O.O=C(O)C(F)(F)F. The zero-order chi connectivity index (χ0) is 39.7. The molecule has 0 saturated carbocycles. The van der Waals surface area contributed by atoms with Crippen molar-refractivity contribution in [2.75, 3.05) is 7.11 Å². The number of ketones is 2. The predicted molar refractivity (Wildman–Crippen MR) is 166 cm³/mol. The van der Waals surface area contributed by atoms with E-state index in [4.69, 9.17) is 47.8 Å². The fourth-order valence-corrected chi connectivity index (χ4v) is 6.37. The molecule has 17 nitrogen and oxygen atoms in total. The molecule has 20 heteroatoms. The number of ether oxygens (including phenoxy) is 8. The number of hydrogen-bond acceptors (Lipinski definition) is 14. The van der Waals surface area contributed by atoms with Crippen LogP contribution in [0.5, 0.6) is 0 Å². The van der Waals surface area contributed by atoms with Gasteiger partial charge in [-0.15, -0.1) is 0 Å². The number of aliphatic carboxylic acids is 1. The van der Waals surface area contributed by atoms with Gasteiger partial charge in [-0.25, -0.2) is 9.59 Å². The van der Waals surface area contributed by atoms with E-state index in [1.54, 1.807) is 48.5 Å². The molecular formula is C32H47F3N2O15. The lowest BCUT2D eigenvalue weighted by Crippen LogP contribution is -2.54. The largest absolute Gasteiger partial charge is 0.490 e. The molecule has 4 aliphatic rings. The van der Waals surface area contributed by atoms with Gasteiger partial charge in [-0.05, 0) is 62.3 Å². The van der Waals surface area contributed by atoms with Crippen LogP contribution in [-0.2, 0) is 61.9 Å². The third kappa shape index (κ3) is 11.0. The van der Waals surface area contributed by atoms with Gasteiger partial charge in [-0.3, -0.25) is 19.2 Å². The number of Topliss-reactive ketones (excluding diaryl/α,β-unsaturated/α-hetero) is 2. The average Bonchev–Trinajstić information content (AvgIpc) is 3.64. The van der Waals surface area contributed by atoms with E-state index in [9.17, 15) is 37.1 Å². The van der Waals surface area contributed by atoms with Gasteiger partial charge >= 0.3 is 24.2 Å². The van der Waals surface area contributed by atoms with Crippen LogP contribution in [0, 0.1) is 11.8 Å². The Morgan fingerprint density at radius 2 is 1.15 bits per heavy atom. The highest BCUT2D eigenvalue weighted by Crippen LogP contribution is 2.44. The van der Waals surface area contributed by atoms with E-state index in [-0.39, 0.29) is 18.0 Å². The Balaban J connectivity index is 0.000000944. The van der Waals surface area contributed by atoms with E-state index in [2.05, 4.69) is 10.6 Å². The van der Waals surface area contributed by atoms with Crippen molar-refractivity contribution in [3.63, 3.8) is 0 Å². The molecule has 10 atom stereocenters. The van der Waals surface area contributed by atoms with Crippen LogP contribution in [0.3, 0.4) is 0 Å². The molecular weight excluding hydrogens is 709 g/mol. The van der Waals surface area contributed by atoms with E-state index in [1.807, 2.05) is 0 Å². The van der Waals surface area contributed by atoms with E-state index < -0.39 is 115 Å². The number of alkyl halides is 3. The van der Waals surface area contributed by atoms with Crippen molar-refractivity contribution < 1.29 is 84.9 Å². The van der Waals surface area contributed by atoms with E-state index in [0.29, 0.717) is 0 Å². The fourth-order valence-electron chi connectivity index (χ4n) is 6.37. The number of amides is 2. The lowest BCUT2D eigenvalue weighted by atomic mass is 9.87. The van der Waals surface area contributed by atoms with Crippen LogP contribution in [0.4, 0.5) is 18.0 Å². The van der Waals surface area contributed by atoms with Gasteiger partial charge in [0.15, 0.2) is 24.2 Å². The number of esters is 1. The minimum absolute atomic E-state index is 0.277. The number of halogens is 3. The van der Waals surface area contributed by atoms with Crippen LogP contribution < -0.4 is 10.6 Å². The molecule has 2 amide bonds. The predicted octanol–water partition coefficient (Wildman–Crippen LogP) is 2.11. The minimum atomic E-state index is -5.08. The number of fused-ring (bicyclic) bond motifs is 2. The molecule has 0 aromatic rings. The number of alkyl carbamates (subject to hydrolysis) is 1.